The van der Waals surface area contributed by atoms with E-state index in [0.29, 0.717) is 18.1 Å². The zero-order valence-corrected chi connectivity index (χ0v) is 20.5. The lowest BCUT2D eigenvalue weighted by Crippen LogP contribution is -2.23. The number of allylic oxidation sites excluding steroid dienone is 5. The first kappa shape index (κ1) is 25.7. The number of hydrogen-bond acceptors (Lipinski definition) is 1. The molecule has 1 aromatic rings. The van der Waals surface area contributed by atoms with Gasteiger partial charge >= 0.3 is 0 Å². The Morgan fingerprint density at radius 3 is 2.48 bits per heavy atom. The Bertz CT molecular complexity index is 802. The summed E-state index contributed by atoms with van der Waals surface area (Å²) in [7, 11) is 0. The molecule has 0 N–H and O–H groups in total. The third-order valence-corrected chi connectivity index (χ3v) is 7.58. The van der Waals surface area contributed by atoms with Gasteiger partial charge in [-0.3, -0.25) is 0 Å². The second-order valence-electron chi connectivity index (χ2n) is 9.91. The van der Waals surface area contributed by atoms with Crippen LogP contribution in [-0.2, 0) is 0 Å². The lowest BCUT2D eigenvalue weighted by molar-refractivity contribution is 0.195. The molecular weight excluding hydrogens is 414 g/mol. The van der Waals surface area contributed by atoms with Crippen molar-refractivity contribution in [3.05, 3.63) is 60.2 Å². The summed E-state index contributed by atoms with van der Waals surface area (Å²) in [5.41, 5.74) is 1.37. The lowest BCUT2D eigenvalue weighted by atomic mass is 9.70. The van der Waals surface area contributed by atoms with Crippen molar-refractivity contribution in [3.8, 4) is 5.75 Å². The lowest BCUT2D eigenvalue weighted by Gasteiger charge is -2.35. The van der Waals surface area contributed by atoms with Gasteiger partial charge < -0.3 is 4.74 Å². The summed E-state index contributed by atoms with van der Waals surface area (Å²) >= 11 is 0. The SMILES string of the molecule is C=CCCC=CCC1CCC(C2CC=C(c3ccc(OCCCCC)c(F)c3F)CC2)CC1. The van der Waals surface area contributed by atoms with Crippen LogP contribution < -0.4 is 4.74 Å². The Balaban J connectivity index is 1.48. The van der Waals surface area contributed by atoms with Crippen molar-refractivity contribution in [1.29, 1.82) is 0 Å². The van der Waals surface area contributed by atoms with E-state index < -0.39 is 11.6 Å². The predicted octanol–water partition coefficient (Wildman–Crippen LogP) is 9.44. The molecule has 0 spiro atoms. The molecule has 182 valence electrons. The standard InChI is InChI=1S/C30H42F2O/c1-3-5-7-8-9-11-23-12-14-24(15-13-23)25-16-18-26(19-17-25)27-20-21-28(30(32)29(27)31)33-22-10-6-4-2/h3,8-9,18,20-21,23-25H,1,4-7,10-17,19,22H2,2H3. The Hall–Kier alpha value is -1.90. The summed E-state index contributed by atoms with van der Waals surface area (Å²) in [6.07, 6.45) is 23.3. The molecule has 0 heterocycles. The predicted molar refractivity (Wildman–Crippen MR) is 135 cm³/mol. The summed E-state index contributed by atoms with van der Waals surface area (Å²) in [5.74, 6) is 0.735. The molecule has 1 nitrogen and oxygen atoms in total. The molecule has 2 aliphatic rings. The van der Waals surface area contributed by atoms with E-state index in [2.05, 4.69) is 31.7 Å². The molecule has 33 heavy (non-hydrogen) atoms. The molecule has 0 aromatic heterocycles. The van der Waals surface area contributed by atoms with E-state index in [1.807, 2.05) is 6.08 Å². The van der Waals surface area contributed by atoms with Crippen LogP contribution in [0.1, 0.15) is 96.0 Å². The maximum Gasteiger partial charge on any atom is 0.201 e. The maximum absolute atomic E-state index is 14.8. The van der Waals surface area contributed by atoms with Crippen molar-refractivity contribution in [3.63, 3.8) is 0 Å². The van der Waals surface area contributed by atoms with Crippen molar-refractivity contribution >= 4 is 5.57 Å². The van der Waals surface area contributed by atoms with Gasteiger partial charge in [0.05, 0.1) is 6.61 Å². The van der Waals surface area contributed by atoms with Crippen molar-refractivity contribution in [2.75, 3.05) is 6.61 Å². The summed E-state index contributed by atoms with van der Waals surface area (Å²) in [5, 5.41) is 0. The molecule has 2 aliphatic carbocycles. The second-order valence-corrected chi connectivity index (χ2v) is 9.91. The number of benzene rings is 1. The Labute approximate surface area is 200 Å². The van der Waals surface area contributed by atoms with E-state index in [1.165, 1.54) is 32.1 Å². The zero-order valence-electron chi connectivity index (χ0n) is 20.5. The van der Waals surface area contributed by atoms with Crippen LogP contribution in [0.4, 0.5) is 8.78 Å². The van der Waals surface area contributed by atoms with Crippen LogP contribution in [0.3, 0.4) is 0 Å². The molecule has 0 aliphatic heterocycles. The fourth-order valence-electron chi connectivity index (χ4n) is 5.47. The smallest absolute Gasteiger partial charge is 0.201 e. The number of hydrogen-bond donors (Lipinski definition) is 0. The average molecular weight is 457 g/mol. The maximum atomic E-state index is 14.8. The highest BCUT2D eigenvalue weighted by Crippen LogP contribution is 2.42. The van der Waals surface area contributed by atoms with Crippen LogP contribution >= 0.6 is 0 Å². The van der Waals surface area contributed by atoms with Gasteiger partial charge in [-0.1, -0.05) is 44.1 Å². The van der Waals surface area contributed by atoms with E-state index in [0.717, 1.165) is 68.8 Å². The number of rotatable bonds is 12. The summed E-state index contributed by atoms with van der Waals surface area (Å²) in [6, 6.07) is 3.30. The molecule has 1 unspecified atom stereocenters. The molecule has 0 bridgehead atoms. The van der Waals surface area contributed by atoms with Gasteiger partial charge in [0.2, 0.25) is 5.82 Å². The monoisotopic (exact) mass is 456 g/mol. The highest BCUT2D eigenvalue weighted by atomic mass is 19.2. The quantitative estimate of drug-likeness (QED) is 0.225. The highest BCUT2D eigenvalue weighted by molar-refractivity contribution is 5.67. The van der Waals surface area contributed by atoms with Crippen LogP contribution in [0, 0.1) is 29.4 Å². The number of ether oxygens (including phenoxy) is 1. The first-order valence-electron chi connectivity index (χ1n) is 13.2. The van der Waals surface area contributed by atoms with E-state index in [4.69, 9.17) is 4.74 Å². The fourth-order valence-corrected chi connectivity index (χ4v) is 5.47. The molecule has 1 atom stereocenters. The molecule has 0 radical (unpaired) electrons. The van der Waals surface area contributed by atoms with Crippen LogP contribution in [0.5, 0.6) is 5.75 Å². The largest absolute Gasteiger partial charge is 0.490 e. The zero-order chi connectivity index (χ0) is 23.5. The number of halogens is 2. The van der Waals surface area contributed by atoms with Crippen molar-refractivity contribution in [1.82, 2.24) is 0 Å². The topological polar surface area (TPSA) is 9.23 Å². The van der Waals surface area contributed by atoms with Gasteiger partial charge in [0.25, 0.3) is 0 Å². The van der Waals surface area contributed by atoms with Gasteiger partial charge in [-0.15, -0.1) is 6.58 Å². The first-order chi connectivity index (χ1) is 16.1. The van der Waals surface area contributed by atoms with Crippen LogP contribution in [0.2, 0.25) is 0 Å². The van der Waals surface area contributed by atoms with Crippen molar-refractivity contribution < 1.29 is 13.5 Å². The van der Waals surface area contributed by atoms with Gasteiger partial charge in [0.1, 0.15) is 0 Å². The molecule has 1 saturated carbocycles. The normalized spacial score (nSPS) is 23.5. The molecule has 3 heteroatoms. The molecule has 1 aromatic carbocycles. The van der Waals surface area contributed by atoms with E-state index >= 15 is 0 Å². The Kier molecular flexibility index (Phi) is 10.7. The molecular formula is C30H42F2O. The van der Waals surface area contributed by atoms with Crippen molar-refractivity contribution in [2.24, 2.45) is 17.8 Å². The minimum atomic E-state index is -0.844. The molecule has 0 amide bonds. The van der Waals surface area contributed by atoms with Gasteiger partial charge in [-0.25, -0.2) is 4.39 Å². The van der Waals surface area contributed by atoms with Crippen molar-refractivity contribution in [2.45, 2.75) is 90.4 Å². The second kappa shape index (κ2) is 13.7. The van der Waals surface area contributed by atoms with Gasteiger partial charge in [0, 0.05) is 5.56 Å². The minimum Gasteiger partial charge on any atom is -0.490 e. The third kappa shape index (κ3) is 7.55. The Morgan fingerprint density at radius 1 is 0.970 bits per heavy atom. The fraction of sp³-hybridized carbons (Fsp3) is 0.600. The third-order valence-electron chi connectivity index (χ3n) is 7.58. The summed E-state index contributed by atoms with van der Waals surface area (Å²) in [6.45, 7) is 6.31. The van der Waals surface area contributed by atoms with Crippen LogP contribution in [-0.4, -0.2) is 6.61 Å². The summed E-state index contributed by atoms with van der Waals surface area (Å²) < 4.78 is 34.8. The molecule has 1 fully saturated rings. The summed E-state index contributed by atoms with van der Waals surface area (Å²) in [4.78, 5) is 0. The molecule has 3 rings (SSSR count). The number of unbranched alkanes of at least 4 members (excludes halogenated alkanes) is 3. The van der Waals surface area contributed by atoms with E-state index in [1.54, 1.807) is 12.1 Å². The van der Waals surface area contributed by atoms with Gasteiger partial charge in [0.15, 0.2) is 11.6 Å². The van der Waals surface area contributed by atoms with Gasteiger partial charge in [-0.05, 0) is 106 Å². The van der Waals surface area contributed by atoms with E-state index in [-0.39, 0.29) is 5.75 Å². The van der Waals surface area contributed by atoms with Gasteiger partial charge in [-0.2, -0.15) is 4.39 Å². The molecule has 0 saturated heterocycles. The van der Waals surface area contributed by atoms with Crippen LogP contribution in [0.15, 0.2) is 43.0 Å². The average Bonchev–Trinajstić information content (AvgIpc) is 2.85. The minimum absolute atomic E-state index is 0.0361. The highest BCUT2D eigenvalue weighted by Gasteiger charge is 2.29. The van der Waals surface area contributed by atoms with Crippen LogP contribution in [0.25, 0.3) is 5.57 Å². The Morgan fingerprint density at radius 2 is 1.79 bits per heavy atom. The first-order valence-corrected chi connectivity index (χ1v) is 13.2. The van der Waals surface area contributed by atoms with E-state index in [9.17, 15) is 8.78 Å².